The smallest absolute Gasteiger partial charge is 0.248 e. The van der Waals surface area contributed by atoms with E-state index < -0.39 is 0 Å². The fourth-order valence-electron chi connectivity index (χ4n) is 4.21. The molecule has 3 heterocycles. The van der Waals surface area contributed by atoms with Crippen LogP contribution in [0.1, 0.15) is 38.5 Å². The van der Waals surface area contributed by atoms with E-state index in [1.54, 1.807) is 0 Å². The van der Waals surface area contributed by atoms with Gasteiger partial charge in [0.2, 0.25) is 11.8 Å². The molecule has 134 valence electrons. The lowest BCUT2D eigenvalue weighted by atomic mass is 9.88. The molecule has 0 aromatic heterocycles. The van der Waals surface area contributed by atoms with E-state index in [0.29, 0.717) is 25.7 Å². The van der Waals surface area contributed by atoms with Gasteiger partial charge in [0, 0.05) is 45.3 Å². The van der Waals surface area contributed by atoms with Gasteiger partial charge in [0.25, 0.3) is 0 Å². The predicted octanol–water partition coefficient (Wildman–Crippen LogP) is 1.04. The minimum atomic E-state index is -0.227. The van der Waals surface area contributed by atoms with Crippen LogP contribution in [0.4, 0.5) is 0 Å². The third-order valence-corrected chi connectivity index (χ3v) is 6.07. The number of morpholine rings is 1. The van der Waals surface area contributed by atoms with Crippen molar-refractivity contribution in [2.45, 2.75) is 44.1 Å². The van der Waals surface area contributed by atoms with Gasteiger partial charge in [-0.1, -0.05) is 0 Å². The average molecular weight is 336 g/mol. The summed E-state index contributed by atoms with van der Waals surface area (Å²) in [5, 5.41) is 0. The predicted molar refractivity (Wildman–Crippen MR) is 87.3 cm³/mol. The van der Waals surface area contributed by atoms with Crippen LogP contribution in [-0.4, -0.2) is 73.2 Å². The van der Waals surface area contributed by atoms with Crippen LogP contribution in [0.3, 0.4) is 0 Å². The molecule has 24 heavy (non-hydrogen) atoms. The third kappa shape index (κ3) is 3.45. The van der Waals surface area contributed by atoms with E-state index in [4.69, 9.17) is 9.47 Å². The summed E-state index contributed by atoms with van der Waals surface area (Å²) in [5.41, 5.74) is -0.227. The van der Waals surface area contributed by atoms with Crippen molar-refractivity contribution < 1.29 is 19.1 Å². The lowest BCUT2D eigenvalue weighted by Crippen LogP contribution is -2.60. The number of ether oxygens (including phenoxy) is 2. The van der Waals surface area contributed by atoms with Gasteiger partial charge < -0.3 is 19.3 Å². The lowest BCUT2D eigenvalue weighted by molar-refractivity contribution is -0.174. The van der Waals surface area contributed by atoms with E-state index >= 15 is 0 Å². The molecule has 3 aliphatic heterocycles. The molecule has 4 rings (SSSR count). The van der Waals surface area contributed by atoms with Gasteiger partial charge in [-0.15, -0.1) is 0 Å². The normalized spacial score (nSPS) is 28.4. The van der Waals surface area contributed by atoms with Crippen molar-refractivity contribution >= 4 is 11.8 Å². The van der Waals surface area contributed by atoms with E-state index in [-0.39, 0.29) is 29.9 Å². The van der Waals surface area contributed by atoms with Crippen molar-refractivity contribution in [1.29, 1.82) is 0 Å². The number of nitrogens with zero attached hydrogens (tertiary/aromatic N) is 2. The summed E-state index contributed by atoms with van der Waals surface area (Å²) in [5.74, 6) is 1.26. The third-order valence-electron chi connectivity index (χ3n) is 6.07. The molecule has 0 unspecified atom stereocenters. The molecular formula is C18H28N2O4. The largest absolute Gasteiger partial charge is 0.381 e. The van der Waals surface area contributed by atoms with E-state index in [2.05, 4.69) is 0 Å². The van der Waals surface area contributed by atoms with Gasteiger partial charge in [-0.25, -0.2) is 0 Å². The Labute approximate surface area is 143 Å². The van der Waals surface area contributed by atoms with Gasteiger partial charge in [-0.05, 0) is 44.4 Å². The highest BCUT2D eigenvalue weighted by Gasteiger charge is 2.44. The average Bonchev–Trinajstić information content (AvgIpc) is 3.43. The molecule has 0 radical (unpaired) electrons. The van der Waals surface area contributed by atoms with Crippen LogP contribution in [-0.2, 0) is 19.1 Å². The monoisotopic (exact) mass is 336 g/mol. The molecule has 0 aromatic carbocycles. The molecule has 4 aliphatic rings. The molecule has 1 saturated carbocycles. The molecule has 2 amide bonds. The zero-order valence-corrected chi connectivity index (χ0v) is 14.4. The summed E-state index contributed by atoms with van der Waals surface area (Å²) in [6, 6.07) is 0. The van der Waals surface area contributed by atoms with Crippen molar-refractivity contribution in [3.8, 4) is 0 Å². The van der Waals surface area contributed by atoms with Gasteiger partial charge in [0.1, 0.15) is 6.61 Å². The standard InChI is InChI=1S/C18H28N2O4/c21-16-12-24-18(13-20(16)11-14-1-2-14)5-7-19(8-6-18)17(22)15-3-9-23-10-4-15/h14-15H,1-13H2. The minimum Gasteiger partial charge on any atom is -0.381 e. The Morgan fingerprint density at radius 1 is 1.12 bits per heavy atom. The topological polar surface area (TPSA) is 59.1 Å². The first-order valence-electron chi connectivity index (χ1n) is 9.43. The molecule has 3 saturated heterocycles. The first kappa shape index (κ1) is 16.3. The number of hydrogen-bond donors (Lipinski definition) is 0. The maximum Gasteiger partial charge on any atom is 0.248 e. The number of piperidine rings is 1. The van der Waals surface area contributed by atoms with Crippen LogP contribution < -0.4 is 0 Å². The first-order chi connectivity index (χ1) is 11.7. The lowest BCUT2D eigenvalue weighted by Gasteiger charge is -2.47. The fourth-order valence-corrected chi connectivity index (χ4v) is 4.21. The van der Waals surface area contributed by atoms with Crippen LogP contribution in [0.5, 0.6) is 0 Å². The SMILES string of the molecule is O=C1COC2(CCN(C(=O)C3CCOCC3)CC2)CN1CC1CC1. The van der Waals surface area contributed by atoms with Crippen molar-refractivity contribution in [2.24, 2.45) is 11.8 Å². The summed E-state index contributed by atoms with van der Waals surface area (Å²) in [4.78, 5) is 28.8. The Hall–Kier alpha value is -1.14. The van der Waals surface area contributed by atoms with Crippen LogP contribution in [0.25, 0.3) is 0 Å². The molecule has 0 atom stereocenters. The van der Waals surface area contributed by atoms with Crippen molar-refractivity contribution in [2.75, 3.05) is 46.0 Å². The fraction of sp³-hybridized carbons (Fsp3) is 0.889. The Bertz CT molecular complexity index is 491. The summed E-state index contributed by atoms with van der Waals surface area (Å²) in [7, 11) is 0. The number of likely N-dealkylation sites (tertiary alicyclic amines) is 1. The van der Waals surface area contributed by atoms with Crippen molar-refractivity contribution in [1.82, 2.24) is 9.80 Å². The quantitative estimate of drug-likeness (QED) is 0.773. The minimum absolute atomic E-state index is 0.132. The van der Waals surface area contributed by atoms with Crippen LogP contribution in [0, 0.1) is 11.8 Å². The molecule has 6 heteroatoms. The van der Waals surface area contributed by atoms with E-state index in [1.165, 1.54) is 12.8 Å². The maximum atomic E-state index is 12.7. The molecular weight excluding hydrogens is 308 g/mol. The van der Waals surface area contributed by atoms with Gasteiger partial charge >= 0.3 is 0 Å². The molecule has 6 nitrogen and oxygen atoms in total. The number of amides is 2. The Balaban J connectivity index is 1.32. The van der Waals surface area contributed by atoms with E-state index in [0.717, 1.165) is 45.3 Å². The van der Waals surface area contributed by atoms with Gasteiger partial charge in [0.05, 0.1) is 5.60 Å². The molecule has 4 fully saturated rings. The molecule has 1 spiro atoms. The van der Waals surface area contributed by atoms with Crippen LogP contribution in [0.15, 0.2) is 0 Å². The number of rotatable bonds is 3. The summed E-state index contributed by atoms with van der Waals surface area (Å²) in [6.07, 6.45) is 5.89. The highest BCUT2D eigenvalue weighted by Crippen LogP contribution is 2.35. The van der Waals surface area contributed by atoms with Crippen LogP contribution >= 0.6 is 0 Å². The van der Waals surface area contributed by atoms with Crippen molar-refractivity contribution in [3.05, 3.63) is 0 Å². The second kappa shape index (κ2) is 6.64. The highest BCUT2D eigenvalue weighted by atomic mass is 16.5. The van der Waals surface area contributed by atoms with Crippen LogP contribution in [0.2, 0.25) is 0 Å². The molecule has 1 aliphatic carbocycles. The highest BCUT2D eigenvalue weighted by molar-refractivity contribution is 5.79. The van der Waals surface area contributed by atoms with Gasteiger partial charge in [0.15, 0.2) is 0 Å². The summed E-state index contributed by atoms with van der Waals surface area (Å²) >= 11 is 0. The molecule has 0 aromatic rings. The Kier molecular flexibility index (Phi) is 4.52. The van der Waals surface area contributed by atoms with E-state index in [1.807, 2.05) is 9.80 Å². The summed E-state index contributed by atoms with van der Waals surface area (Å²) in [6.45, 7) is 4.73. The van der Waals surface area contributed by atoms with Gasteiger partial charge in [-0.3, -0.25) is 9.59 Å². The zero-order valence-electron chi connectivity index (χ0n) is 14.4. The number of hydrogen-bond acceptors (Lipinski definition) is 4. The van der Waals surface area contributed by atoms with E-state index in [9.17, 15) is 9.59 Å². The molecule has 0 bridgehead atoms. The molecule has 0 N–H and O–H groups in total. The number of carbonyl (C=O) groups excluding carboxylic acids is 2. The Morgan fingerprint density at radius 2 is 1.83 bits per heavy atom. The van der Waals surface area contributed by atoms with Gasteiger partial charge in [-0.2, -0.15) is 0 Å². The first-order valence-corrected chi connectivity index (χ1v) is 9.43. The second-order valence-electron chi connectivity index (χ2n) is 7.90. The zero-order chi connectivity index (χ0) is 16.6. The summed E-state index contributed by atoms with van der Waals surface area (Å²) < 4.78 is 11.3. The number of carbonyl (C=O) groups is 2. The Morgan fingerprint density at radius 3 is 2.50 bits per heavy atom. The maximum absolute atomic E-state index is 12.7. The second-order valence-corrected chi connectivity index (χ2v) is 7.90. The van der Waals surface area contributed by atoms with Crippen molar-refractivity contribution in [3.63, 3.8) is 0 Å².